The minimum atomic E-state index is -0.0543. The van der Waals surface area contributed by atoms with Crippen molar-refractivity contribution in [3.63, 3.8) is 0 Å². The first-order valence-electron chi connectivity index (χ1n) is 6.81. The molecule has 0 heterocycles. The highest BCUT2D eigenvalue weighted by Gasteiger charge is 2.21. The zero-order valence-corrected chi connectivity index (χ0v) is 11.7. The Hall–Kier alpha value is -0.570. The third-order valence-corrected chi connectivity index (χ3v) is 3.25. The summed E-state index contributed by atoms with van der Waals surface area (Å²) in [6.07, 6.45) is 5.12. The molecule has 1 N–H and O–H groups in total. The van der Waals surface area contributed by atoms with Gasteiger partial charge in [0.05, 0.1) is 6.42 Å². The highest BCUT2D eigenvalue weighted by molar-refractivity contribution is 5.69. The number of carbonyl (C=O) groups is 1. The van der Waals surface area contributed by atoms with Gasteiger partial charge in [-0.3, -0.25) is 4.79 Å². The molecule has 0 radical (unpaired) electrons. The highest BCUT2D eigenvalue weighted by Crippen LogP contribution is 2.25. The molecule has 0 aromatic carbocycles. The summed E-state index contributed by atoms with van der Waals surface area (Å²) < 4.78 is 5.48. The maximum absolute atomic E-state index is 11.6. The number of rotatable bonds is 4. The van der Waals surface area contributed by atoms with Crippen LogP contribution in [-0.2, 0) is 9.53 Å². The van der Waals surface area contributed by atoms with Crippen molar-refractivity contribution in [2.24, 2.45) is 5.92 Å². The average molecular weight is 241 g/mol. The maximum atomic E-state index is 11.6. The summed E-state index contributed by atoms with van der Waals surface area (Å²) in [5.74, 6) is 0.744. The van der Waals surface area contributed by atoms with Crippen molar-refractivity contribution in [3.8, 4) is 0 Å². The Balaban J connectivity index is 2.13. The van der Waals surface area contributed by atoms with E-state index in [0.717, 1.165) is 18.8 Å². The molecule has 0 spiro atoms. The first kappa shape index (κ1) is 14.5. The molecule has 1 fully saturated rings. The lowest BCUT2D eigenvalue weighted by molar-refractivity contribution is -0.150. The van der Waals surface area contributed by atoms with Gasteiger partial charge in [-0.25, -0.2) is 0 Å². The van der Waals surface area contributed by atoms with Gasteiger partial charge >= 0.3 is 5.97 Å². The van der Waals surface area contributed by atoms with Crippen LogP contribution in [0.1, 0.15) is 59.8 Å². The predicted octanol–water partition coefficient (Wildman–Crippen LogP) is 2.89. The number of ether oxygens (including phenoxy) is 1. The standard InChI is InChI=1S/C14H27NO2/c1-11-5-7-12(8-6-11)17-13(16)9-10-15-14(2,3)4/h11-12,15H,5-10H2,1-4H3. The van der Waals surface area contributed by atoms with Crippen molar-refractivity contribution >= 4 is 5.97 Å². The van der Waals surface area contributed by atoms with E-state index in [2.05, 4.69) is 33.0 Å². The molecule has 1 saturated carbocycles. The quantitative estimate of drug-likeness (QED) is 0.769. The third-order valence-electron chi connectivity index (χ3n) is 3.25. The van der Waals surface area contributed by atoms with Crippen LogP contribution >= 0.6 is 0 Å². The fourth-order valence-electron chi connectivity index (χ4n) is 2.13. The van der Waals surface area contributed by atoms with E-state index in [0.29, 0.717) is 13.0 Å². The molecule has 0 aromatic heterocycles. The van der Waals surface area contributed by atoms with E-state index in [1.807, 2.05) is 0 Å². The van der Waals surface area contributed by atoms with Gasteiger partial charge in [0.1, 0.15) is 6.10 Å². The van der Waals surface area contributed by atoms with E-state index in [-0.39, 0.29) is 17.6 Å². The number of hydrogen-bond donors (Lipinski definition) is 1. The van der Waals surface area contributed by atoms with Gasteiger partial charge in [0.2, 0.25) is 0 Å². The lowest BCUT2D eigenvalue weighted by Crippen LogP contribution is -2.37. The molecule has 0 aromatic rings. The van der Waals surface area contributed by atoms with Gasteiger partial charge in [-0.05, 0) is 52.4 Å². The second kappa shape index (κ2) is 6.39. The maximum Gasteiger partial charge on any atom is 0.307 e. The molecular weight excluding hydrogens is 214 g/mol. The van der Waals surface area contributed by atoms with E-state index in [1.54, 1.807) is 0 Å². The Morgan fingerprint density at radius 2 is 1.82 bits per heavy atom. The van der Waals surface area contributed by atoms with Crippen molar-refractivity contribution in [1.29, 1.82) is 0 Å². The van der Waals surface area contributed by atoms with Crippen molar-refractivity contribution < 1.29 is 9.53 Å². The lowest BCUT2D eigenvalue weighted by Gasteiger charge is -2.26. The topological polar surface area (TPSA) is 38.3 Å². The molecule has 3 heteroatoms. The van der Waals surface area contributed by atoms with Crippen LogP contribution in [0.25, 0.3) is 0 Å². The summed E-state index contributed by atoms with van der Waals surface area (Å²) >= 11 is 0. The molecule has 1 aliphatic carbocycles. The van der Waals surface area contributed by atoms with Crippen LogP contribution in [0.2, 0.25) is 0 Å². The molecule has 1 rings (SSSR count). The number of nitrogens with one attached hydrogen (secondary N) is 1. The van der Waals surface area contributed by atoms with Crippen LogP contribution in [0.3, 0.4) is 0 Å². The zero-order valence-electron chi connectivity index (χ0n) is 11.7. The average Bonchev–Trinajstić information content (AvgIpc) is 2.19. The molecule has 1 aliphatic rings. The molecule has 0 aliphatic heterocycles. The molecular formula is C14H27NO2. The Kier molecular flexibility index (Phi) is 5.44. The second-order valence-electron chi connectivity index (χ2n) is 6.30. The van der Waals surface area contributed by atoms with E-state index < -0.39 is 0 Å². The number of hydrogen-bond acceptors (Lipinski definition) is 3. The molecule has 0 amide bonds. The van der Waals surface area contributed by atoms with Gasteiger partial charge in [-0.2, -0.15) is 0 Å². The summed E-state index contributed by atoms with van der Waals surface area (Å²) in [5.41, 5.74) is 0.0700. The molecule has 17 heavy (non-hydrogen) atoms. The van der Waals surface area contributed by atoms with Gasteiger partial charge in [-0.15, -0.1) is 0 Å². The molecule has 0 unspecified atom stereocenters. The zero-order chi connectivity index (χ0) is 12.9. The Morgan fingerprint density at radius 1 is 1.24 bits per heavy atom. The summed E-state index contributed by atoms with van der Waals surface area (Å²) in [6, 6.07) is 0. The van der Waals surface area contributed by atoms with Crippen LogP contribution in [0.15, 0.2) is 0 Å². The van der Waals surface area contributed by atoms with Crippen molar-refractivity contribution in [2.75, 3.05) is 6.54 Å². The van der Waals surface area contributed by atoms with Gasteiger partial charge in [-0.1, -0.05) is 6.92 Å². The fraction of sp³-hybridized carbons (Fsp3) is 0.929. The molecule has 3 nitrogen and oxygen atoms in total. The lowest BCUT2D eigenvalue weighted by atomic mass is 9.89. The van der Waals surface area contributed by atoms with Gasteiger partial charge < -0.3 is 10.1 Å². The molecule has 100 valence electrons. The van der Waals surface area contributed by atoms with Crippen molar-refractivity contribution in [3.05, 3.63) is 0 Å². The summed E-state index contributed by atoms with van der Waals surface area (Å²) in [6.45, 7) is 9.26. The van der Waals surface area contributed by atoms with Crippen molar-refractivity contribution in [2.45, 2.75) is 71.4 Å². The van der Waals surface area contributed by atoms with Crippen LogP contribution in [0.4, 0.5) is 0 Å². The van der Waals surface area contributed by atoms with E-state index in [9.17, 15) is 4.79 Å². The molecule has 0 bridgehead atoms. The molecule has 0 atom stereocenters. The predicted molar refractivity (Wildman–Crippen MR) is 69.9 cm³/mol. The van der Waals surface area contributed by atoms with E-state index in [4.69, 9.17) is 4.74 Å². The second-order valence-corrected chi connectivity index (χ2v) is 6.30. The Morgan fingerprint density at radius 3 is 2.35 bits per heavy atom. The van der Waals surface area contributed by atoms with E-state index >= 15 is 0 Å². The number of esters is 1. The van der Waals surface area contributed by atoms with Gasteiger partial charge in [0.25, 0.3) is 0 Å². The summed E-state index contributed by atoms with van der Waals surface area (Å²) in [4.78, 5) is 11.6. The largest absolute Gasteiger partial charge is 0.462 e. The summed E-state index contributed by atoms with van der Waals surface area (Å²) in [7, 11) is 0. The van der Waals surface area contributed by atoms with Crippen LogP contribution in [-0.4, -0.2) is 24.2 Å². The number of carbonyl (C=O) groups excluding carboxylic acids is 1. The smallest absolute Gasteiger partial charge is 0.307 e. The SMILES string of the molecule is CC1CCC(OC(=O)CCNC(C)(C)C)CC1. The first-order valence-corrected chi connectivity index (χ1v) is 6.81. The highest BCUT2D eigenvalue weighted by atomic mass is 16.5. The summed E-state index contributed by atoms with van der Waals surface area (Å²) in [5, 5.41) is 3.30. The Bertz CT molecular complexity index is 237. The Labute approximate surface area is 105 Å². The monoisotopic (exact) mass is 241 g/mol. The molecule has 0 saturated heterocycles. The van der Waals surface area contributed by atoms with Crippen LogP contribution in [0, 0.1) is 5.92 Å². The minimum Gasteiger partial charge on any atom is -0.462 e. The van der Waals surface area contributed by atoms with E-state index in [1.165, 1.54) is 12.8 Å². The normalized spacial score (nSPS) is 25.6. The van der Waals surface area contributed by atoms with Crippen LogP contribution in [0.5, 0.6) is 0 Å². The third kappa shape index (κ3) is 6.67. The first-order chi connectivity index (χ1) is 7.87. The van der Waals surface area contributed by atoms with Gasteiger partial charge in [0.15, 0.2) is 0 Å². The van der Waals surface area contributed by atoms with Gasteiger partial charge in [0, 0.05) is 12.1 Å². The minimum absolute atomic E-state index is 0.0543. The van der Waals surface area contributed by atoms with Crippen LogP contribution < -0.4 is 5.32 Å². The van der Waals surface area contributed by atoms with Crippen molar-refractivity contribution in [1.82, 2.24) is 5.32 Å². The fourth-order valence-corrected chi connectivity index (χ4v) is 2.13.